The first-order chi connectivity index (χ1) is 5.85. The Hall–Kier alpha value is -1.02. The average Bonchev–Trinajstić information content (AvgIpc) is 2.10. The van der Waals surface area contributed by atoms with Crippen LogP contribution >= 0.6 is 0 Å². The molecule has 2 nitrogen and oxygen atoms in total. The van der Waals surface area contributed by atoms with E-state index in [1.54, 1.807) is 0 Å². The zero-order valence-corrected chi connectivity index (χ0v) is 7.71. The van der Waals surface area contributed by atoms with E-state index in [1.807, 2.05) is 0 Å². The van der Waals surface area contributed by atoms with Gasteiger partial charge in [-0.05, 0) is 12.3 Å². The summed E-state index contributed by atoms with van der Waals surface area (Å²) >= 11 is 0. The lowest BCUT2D eigenvalue weighted by Gasteiger charge is -2.08. The molecule has 0 aliphatic heterocycles. The van der Waals surface area contributed by atoms with E-state index in [2.05, 4.69) is 17.8 Å². The van der Waals surface area contributed by atoms with E-state index in [9.17, 15) is 0 Å². The Kier molecular flexibility index (Phi) is 7.39. The van der Waals surface area contributed by atoms with E-state index in [1.165, 1.54) is 12.8 Å². The summed E-state index contributed by atoms with van der Waals surface area (Å²) in [5.74, 6) is 0.462. The highest BCUT2D eigenvalue weighted by molar-refractivity contribution is 4.77. The van der Waals surface area contributed by atoms with Gasteiger partial charge in [0.15, 0.2) is 0 Å². The molecule has 1 atom stereocenters. The van der Waals surface area contributed by atoms with Crippen molar-refractivity contribution in [2.75, 3.05) is 6.54 Å². The minimum atomic E-state index is 0.462. The molecule has 0 amide bonds. The molecule has 0 aliphatic carbocycles. The lowest BCUT2D eigenvalue weighted by molar-refractivity contribution is 0.456. The third-order valence-corrected chi connectivity index (χ3v) is 2.00. The topological polar surface area (TPSA) is 28.1 Å². The van der Waals surface area contributed by atoms with Crippen LogP contribution in [-0.4, -0.2) is 6.54 Å². The van der Waals surface area contributed by atoms with Crippen molar-refractivity contribution in [3.05, 3.63) is 11.4 Å². The lowest BCUT2D eigenvalue weighted by atomic mass is 9.96. The van der Waals surface area contributed by atoms with Crippen LogP contribution in [-0.2, 0) is 0 Å². The molecule has 0 saturated heterocycles. The van der Waals surface area contributed by atoms with Crippen molar-refractivity contribution in [1.82, 2.24) is 0 Å². The summed E-state index contributed by atoms with van der Waals surface area (Å²) in [4.78, 5) is 3.31. The Morgan fingerprint density at radius 2 is 2.25 bits per heavy atom. The number of hydrogen-bond acceptors (Lipinski definition) is 1. The molecular weight excluding hydrogens is 148 g/mol. The fourth-order valence-electron chi connectivity index (χ4n) is 1.22. The maximum absolute atomic E-state index is 8.51. The van der Waals surface area contributed by atoms with Gasteiger partial charge >= 0.3 is 0 Å². The molecule has 0 aromatic heterocycles. The molecule has 0 fully saturated rings. The van der Waals surface area contributed by atoms with Crippen LogP contribution in [0, 0.1) is 23.8 Å². The fourth-order valence-corrected chi connectivity index (χ4v) is 1.22. The Morgan fingerprint density at radius 3 is 2.75 bits per heavy atom. The quantitative estimate of drug-likeness (QED) is 0.554. The molecule has 12 heavy (non-hydrogen) atoms. The molecule has 0 saturated carbocycles. The second-order valence-electron chi connectivity index (χ2n) is 3.04. The number of nitrogens with zero attached hydrogens (tertiary/aromatic N) is 2. The number of hydrogen-bond donors (Lipinski definition) is 0. The van der Waals surface area contributed by atoms with Crippen LogP contribution in [0.3, 0.4) is 0 Å². The van der Waals surface area contributed by atoms with Crippen LogP contribution in [0.15, 0.2) is 0 Å². The molecule has 66 valence electrons. The minimum absolute atomic E-state index is 0.462. The SMILES string of the molecule is [C-]#[N+]CCC(CC#N)CCCC. The van der Waals surface area contributed by atoms with Gasteiger partial charge in [0.1, 0.15) is 0 Å². The fraction of sp³-hybridized carbons (Fsp3) is 0.800. The molecule has 0 N–H and O–H groups in total. The predicted octanol–water partition coefficient (Wildman–Crippen LogP) is 3.02. The number of unbranched alkanes of at least 4 members (excludes halogenated alkanes) is 1. The van der Waals surface area contributed by atoms with Gasteiger partial charge in [0.2, 0.25) is 6.54 Å². The maximum Gasteiger partial charge on any atom is 0.215 e. The summed E-state index contributed by atoms with van der Waals surface area (Å²) < 4.78 is 0. The van der Waals surface area contributed by atoms with Gasteiger partial charge in [-0.15, -0.1) is 0 Å². The smallest absolute Gasteiger partial charge is 0.215 e. The van der Waals surface area contributed by atoms with Gasteiger partial charge in [-0.25, -0.2) is 6.57 Å². The number of nitriles is 1. The molecule has 0 aliphatic rings. The van der Waals surface area contributed by atoms with Crippen LogP contribution in [0.4, 0.5) is 0 Å². The zero-order chi connectivity index (χ0) is 9.23. The standard InChI is InChI=1S/C10H16N2/c1-3-4-5-10(6-8-11)7-9-12-2/h10H,3-7,9H2,1H3. The van der Waals surface area contributed by atoms with Crippen molar-refractivity contribution < 1.29 is 0 Å². The molecule has 0 heterocycles. The van der Waals surface area contributed by atoms with Crippen LogP contribution in [0.5, 0.6) is 0 Å². The second-order valence-corrected chi connectivity index (χ2v) is 3.04. The first kappa shape index (κ1) is 11.0. The van der Waals surface area contributed by atoms with E-state index < -0.39 is 0 Å². The molecule has 0 rings (SSSR count). The van der Waals surface area contributed by atoms with Gasteiger partial charge < -0.3 is 4.85 Å². The van der Waals surface area contributed by atoms with Gasteiger partial charge in [0, 0.05) is 12.8 Å². The minimum Gasteiger partial charge on any atom is -0.317 e. The molecule has 0 radical (unpaired) electrons. The van der Waals surface area contributed by atoms with Crippen LogP contribution in [0.2, 0.25) is 0 Å². The van der Waals surface area contributed by atoms with E-state index in [4.69, 9.17) is 11.8 Å². The maximum atomic E-state index is 8.51. The van der Waals surface area contributed by atoms with Crippen molar-refractivity contribution in [1.29, 1.82) is 5.26 Å². The molecule has 0 aromatic rings. The monoisotopic (exact) mass is 164 g/mol. The summed E-state index contributed by atoms with van der Waals surface area (Å²) in [5, 5.41) is 8.51. The summed E-state index contributed by atoms with van der Waals surface area (Å²) in [5.41, 5.74) is 0. The van der Waals surface area contributed by atoms with Gasteiger partial charge in [0.25, 0.3) is 0 Å². The van der Waals surface area contributed by atoms with E-state index >= 15 is 0 Å². The Morgan fingerprint density at radius 1 is 1.50 bits per heavy atom. The van der Waals surface area contributed by atoms with Crippen molar-refractivity contribution in [3.63, 3.8) is 0 Å². The molecule has 0 spiro atoms. The summed E-state index contributed by atoms with van der Waals surface area (Å²) in [7, 11) is 0. The van der Waals surface area contributed by atoms with Gasteiger partial charge in [-0.3, -0.25) is 0 Å². The largest absolute Gasteiger partial charge is 0.317 e. The Balaban J connectivity index is 3.57. The third-order valence-electron chi connectivity index (χ3n) is 2.00. The van der Waals surface area contributed by atoms with E-state index in [-0.39, 0.29) is 0 Å². The highest BCUT2D eigenvalue weighted by Crippen LogP contribution is 2.16. The van der Waals surface area contributed by atoms with E-state index in [0.29, 0.717) is 18.9 Å². The lowest BCUT2D eigenvalue weighted by Crippen LogP contribution is -2.00. The van der Waals surface area contributed by atoms with Crippen LogP contribution in [0.25, 0.3) is 4.85 Å². The van der Waals surface area contributed by atoms with Crippen LogP contribution < -0.4 is 0 Å². The van der Waals surface area contributed by atoms with Crippen molar-refractivity contribution >= 4 is 0 Å². The highest BCUT2D eigenvalue weighted by atomic mass is 14.6. The first-order valence-electron chi connectivity index (χ1n) is 4.55. The van der Waals surface area contributed by atoms with Gasteiger partial charge in [0.05, 0.1) is 6.07 Å². The molecule has 0 aromatic carbocycles. The van der Waals surface area contributed by atoms with Crippen LogP contribution in [0.1, 0.15) is 39.0 Å². The summed E-state index contributed by atoms with van der Waals surface area (Å²) in [6.07, 6.45) is 5.00. The van der Waals surface area contributed by atoms with Gasteiger partial charge in [-0.1, -0.05) is 19.8 Å². The molecule has 2 heteroatoms. The third kappa shape index (κ3) is 5.74. The Bertz CT molecular complexity index is 173. The van der Waals surface area contributed by atoms with E-state index in [0.717, 1.165) is 12.8 Å². The van der Waals surface area contributed by atoms with Crippen molar-refractivity contribution in [3.8, 4) is 6.07 Å². The summed E-state index contributed by atoms with van der Waals surface area (Å²) in [6.45, 7) is 9.38. The predicted molar refractivity (Wildman–Crippen MR) is 49.3 cm³/mol. The van der Waals surface area contributed by atoms with Gasteiger partial charge in [-0.2, -0.15) is 5.26 Å². The molecular formula is C10H16N2. The zero-order valence-electron chi connectivity index (χ0n) is 7.71. The summed E-state index contributed by atoms with van der Waals surface area (Å²) in [6, 6.07) is 2.18. The second kappa shape index (κ2) is 8.08. The Labute approximate surface area is 75.0 Å². The normalized spacial score (nSPS) is 11.6. The van der Waals surface area contributed by atoms with Crippen molar-refractivity contribution in [2.45, 2.75) is 39.0 Å². The molecule has 0 bridgehead atoms. The molecule has 1 unspecified atom stereocenters. The highest BCUT2D eigenvalue weighted by Gasteiger charge is 2.08. The number of rotatable bonds is 6. The first-order valence-corrected chi connectivity index (χ1v) is 4.55. The van der Waals surface area contributed by atoms with Crippen molar-refractivity contribution in [2.24, 2.45) is 5.92 Å². The average molecular weight is 164 g/mol.